The molecule has 0 unspecified atom stereocenters. The van der Waals surface area contributed by atoms with Gasteiger partial charge in [-0.25, -0.2) is 9.37 Å². The molecule has 3 N–H and O–H groups in total. The number of rotatable bonds is 5. The van der Waals surface area contributed by atoms with Crippen molar-refractivity contribution in [2.24, 2.45) is 5.73 Å². The SMILES string of the molecule is N=C(N)N1CCN(c2ccc(C=Cc3cc(F)cc(Cn4ccnc4)c3)cc2)CC1. The summed E-state index contributed by atoms with van der Waals surface area (Å²) in [6.45, 7) is 3.80. The number of nitrogens with zero attached hydrogens (tertiary/aromatic N) is 4. The Morgan fingerprint density at radius 2 is 1.77 bits per heavy atom. The minimum atomic E-state index is -0.243. The molecule has 1 saturated heterocycles. The Morgan fingerprint density at radius 1 is 1.03 bits per heavy atom. The van der Waals surface area contributed by atoms with Gasteiger partial charge >= 0.3 is 0 Å². The summed E-state index contributed by atoms with van der Waals surface area (Å²) >= 11 is 0. The van der Waals surface area contributed by atoms with Crippen molar-refractivity contribution < 1.29 is 4.39 Å². The molecule has 6 nitrogen and oxygen atoms in total. The number of nitrogens with two attached hydrogens (primary N) is 1. The number of hydrogen-bond donors (Lipinski definition) is 2. The first kappa shape index (κ1) is 19.7. The van der Waals surface area contributed by atoms with E-state index in [4.69, 9.17) is 11.1 Å². The molecule has 30 heavy (non-hydrogen) atoms. The highest BCUT2D eigenvalue weighted by Crippen LogP contribution is 2.19. The van der Waals surface area contributed by atoms with Gasteiger partial charge in [0.2, 0.25) is 0 Å². The first-order chi connectivity index (χ1) is 14.6. The maximum atomic E-state index is 14.0. The molecule has 0 atom stereocenters. The highest BCUT2D eigenvalue weighted by atomic mass is 19.1. The van der Waals surface area contributed by atoms with Gasteiger partial charge in [-0.3, -0.25) is 5.41 Å². The van der Waals surface area contributed by atoms with Gasteiger partial charge in [-0.05, 0) is 47.0 Å². The molecule has 0 radical (unpaired) electrons. The van der Waals surface area contributed by atoms with Crippen LogP contribution in [0, 0.1) is 11.2 Å². The fourth-order valence-electron chi connectivity index (χ4n) is 3.65. The van der Waals surface area contributed by atoms with Crippen LogP contribution in [0.2, 0.25) is 0 Å². The maximum absolute atomic E-state index is 14.0. The van der Waals surface area contributed by atoms with Crippen molar-refractivity contribution in [1.82, 2.24) is 14.5 Å². The predicted octanol–water partition coefficient (Wildman–Crippen LogP) is 3.26. The Hall–Kier alpha value is -3.61. The molecule has 0 saturated carbocycles. The quantitative estimate of drug-likeness (QED) is 0.389. The van der Waals surface area contributed by atoms with E-state index in [0.717, 1.165) is 48.6 Å². The standard InChI is InChI=1S/C23H25FN6/c24-21-14-19(13-20(15-21)16-28-8-7-27-17-28)2-1-18-3-5-22(6-4-18)29-9-11-30(12-10-29)23(25)26/h1-8,13-15,17H,9-12,16H2,(H3,25,26). The lowest BCUT2D eigenvalue weighted by Gasteiger charge is -2.36. The lowest BCUT2D eigenvalue weighted by atomic mass is 10.1. The fraction of sp³-hybridized carbons (Fsp3) is 0.217. The number of piperazine rings is 1. The lowest BCUT2D eigenvalue weighted by Crippen LogP contribution is -2.50. The number of anilines is 1. The largest absolute Gasteiger partial charge is 0.370 e. The Bertz CT molecular complexity index is 1020. The number of imidazole rings is 1. The van der Waals surface area contributed by atoms with E-state index in [1.165, 1.54) is 6.07 Å². The van der Waals surface area contributed by atoms with Crippen LogP contribution in [0.4, 0.5) is 10.1 Å². The molecule has 154 valence electrons. The van der Waals surface area contributed by atoms with Crippen molar-refractivity contribution in [3.63, 3.8) is 0 Å². The third-order valence-electron chi connectivity index (χ3n) is 5.25. The summed E-state index contributed by atoms with van der Waals surface area (Å²) in [5.74, 6) is -0.104. The van der Waals surface area contributed by atoms with Crippen LogP contribution in [0.5, 0.6) is 0 Å². The van der Waals surface area contributed by atoms with Gasteiger partial charge in [0.25, 0.3) is 0 Å². The maximum Gasteiger partial charge on any atom is 0.188 e. The first-order valence-corrected chi connectivity index (χ1v) is 9.94. The zero-order valence-electron chi connectivity index (χ0n) is 16.7. The van der Waals surface area contributed by atoms with Crippen molar-refractivity contribution in [3.05, 3.63) is 83.7 Å². The number of aromatic nitrogens is 2. The van der Waals surface area contributed by atoms with E-state index in [1.807, 2.05) is 33.9 Å². The Morgan fingerprint density at radius 3 is 2.43 bits per heavy atom. The van der Waals surface area contributed by atoms with E-state index >= 15 is 0 Å². The van der Waals surface area contributed by atoms with Gasteiger partial charge in [0.1, 0.15) is 5.82 Å². The Kier molecular flexibility index (Phi) is 5.79. The van der Waals surface area contributed by atoms with E-state index in [0.29, 0.717) is 6.54 Å². The molecule has 0 bridgehead atoms. The molecule has 1 aliphatic heterocycles. The van der Waals surface area contributed by atoms with E-state index in [9.17, 15) is 4.39 Å². The zero-order valence-corrected chi connectivity index (χ0v) is 16.7. The molecule has 0 aliphatic carbocycles. The summed E-state index contributed by atoms with van der Waals surface area (Å²) in [7, 11) is 0. The van der Waals surface area contributed by atoms with Crippen LogP contribution in [-0.2, 0) is 6.54 Å². The van der Waals surface area contributed by atoms with Gasteiger partial charge in [-0.15, -0.1) is 0 Å². The van der Waals surface area contributed by atoms with Crippen LogP contribution < -0.4 is 10.6 Å². The number of nitrogens with one attached hydrogen (secondary N) is 1. The van der Waals surface area contributed by atoms with Crippen LogP contribution in [0.15, 0.2) is 61.2 Å². The summed E-state index contributed by atoms with van der Waals surface area (Å²) in [6.07, 6.45) is 9.23. The van der Waals surface area contributed by atoms with E-state index in [1.54, 1.807) is 18.6 Å². The summed E-state index contributed by atoms with van der Waals surface area (Å²) in [4.78, 5) is 8.20. The Balaban J connectivity index is 1.41. The summed E-state index contributed by atoms with van der Waals surface area (Å²) in [5, 5.41) is 7.53. The average molecular weight is 404 g/mol. The molecule has 3 aromatic rings. The molecule has 0 amide bonds. The fourth-order valence-corrected chi connectivity index (χ4v) is 3.65. The molecule has 1 aromatic heterocycles. The monoisotopic (exact) mass is 404 g/mol. The average Bonchev–Trinajstić information content (AvgIpc) is 3.25. The van der Waals surface area contributed by atoms with Crippen LogP contribution in [0.1, 0.15) is 16.7 Å². The lowest BCUT2D eigenvalue weighted by molar-refractivity contribution is 0.380. The molecule has 0 spiro atoms. The van der Waals surface area contributed by atoms with Crippen LogP contribution in [-0.4, -0.2) is 46.6 Å². The van der Waals surface area contributed by atoms with Crippen LogP contribution >= 0.6 is 0 Å². The zero-order chi connectivity index (χ0) is 20.9. The second kappa shape index (κ2) is 8.82. The molecule has 1 aliphatic rings. The number of guanidine groups is 1. The summed E-state index contributed by atoms with van der Waals surface area (Å²) in [6, 6.07) is 13.4. The molecule has 2 heterocycles. The van der Waals surface area contributed by atoms with Crippen molar-refractivity contribution in [3.8, 4) is 0 Å². The Labute approximate surface area is 175 Å². The number of benzene rings is 2. The topological polar surface area (TPSA) is 74.2 Å². The number of hydrogen-bond acceptors (Lipinski definition) is 3. The van der Waals surface area contributed by atoms with Crippen molar-refractivity contribution in [2.45, 2.75) is 6.54 Å². The molecule has 4 rings (SSSR count). The van der Waals surface area contributed by atoms with Gasteiger partial charge in [0, 0.05) is 50.8 Å². The number of halogens is 1. The highest BCUT2D eigenvalue weighted by Gasteiger charge is 2.17. The first-order valence-electron chi connectivity index (χ1n) is 9.94. The normalized spacial score (nSPS) is 14.4. The van der Waals surface area contributed by atoms with E-state index in [-0.39, 0.29) is 11.8 Å². The van der Waals surface area contributed by atoms with Crippen molar-refractivity contribution in [1.29, 1.82) is 5.41 Å². The second-order valence-corrected chi connectivity index (χ2v) is 7.41. The molecular weight excluding hydrogens is 379 g/mol. The van der Waals surface area contributed by atoms with Crippen molar-refractivity contribution in [2.75, 3.05) is 31.1 Å². The summed E-state index contributed by atoms with van der Waals surface area (Å²) in [5.41, 5.74) is 9.50. The third kappa shape index (κ3) is 4.86. The minimum absolute atomic E-state index is 0.140. The van der Waals surface area contributed by atoms with Gasteiger partial charge in [-0.1, -0.05) is 24.3 Å². The van der Waals surface area contributed by atoms with Gasteiger partial charge in [0.05, 0.1) is 6.33 Å². The molecule has 1 fully saturated rings. The van der Waals surface area contributed by atoms with Crippen LogP contribution in [0.25, 0.3) is 12.2 Å². The van der Waals surface area contributed by atoms with E-state index in [2.05, 4.69) is 34.1 Å². The molecule has 2 aromatic carbocycles. The summed E-state index contributed by atoms with van der Waals surface area (Å²) < 4.78 is 15.9. The highest BCUT2D eigenvalue weighted by molar-refractivity contribution is 5.75. The van der Waals surface area contributed by atoms with E-state index < -0.39 is 0 Å². The minimum Gasteiger partial charge on any atom is -0.370 e. The van der Waals surface area contributed by atoms with Crippen LogP contribution in [0.3, 0.4) is 0 Å². The van der Waals surface area contributed by atoms with Gasteiger partial charge in [0.15, 0.2) is 5.96 Å². The third-order valence-corrected chi connectivity index (χ3v) is 5.25. The molecule has 7 heteroatoms. The predicted molar refractivity (Wildman–Crippen MR) is 119 cm³/mol. The van der Waals surface area contributed by atoms with Gasteiger partial charge < -0.3 is 20.1 Å². The smallest absolute Gasteiger partial charge is 0.188 e. The van der Waals surface area contributed by atoms with Crippen molar-refractivity contribution >= 4 is 23.8 Å². The van der Waals surface area contributed by atoms with Gasteiger partial charge in [-0.2, -0.15) is 0 Å². The second-order valence-electron chi connectivity index (χ2n) is 7.41. The molecular formula is C23H25FN6.